The van der Waals surface area contributed by atoms with Crippen molar-refractivity contribution in [1.29, 1.82) is 0 Å². The van der Waals surface area contributed by atoms with Crippen molar-refractivity contribution in [3.63, 3.8) is 0 Å². The van der Waals surface area contributed by atoms with Crippen LogP contribution in [0.15, 0.2) is 71.6 Å². The highest BCUT2D eigenvalue weighted by atomic mass is 35.5. The van der Waals surface area contributed by atoms with E-state index in [0.717, 1.165) is 21.0 Å². The average molecular weight is 605 g/mol. The number of amides is 2. The number of hydrogen-bond donors (Lipinski definition) is 1. The summed E-state index contributed by atoms with van der Waals surface area (Å²) < 4.78 is 28.8. The van der Waals surface area contributed by atoms with E-state index in [0.29, 0.717) is 0 Å². The Morgan fingerprint density at radius 2 is 1.38 bits per heavy atom. The Balaban J connectivity index is 2.07. The van der Waals surface area contributed by atoms with Gasteiger partial charge in [-0.1, -0.05) is 70.7 Å². The molecule has 3 aromatic carbocycles. The first-order chi connectivity index (χ1) is 18.6. The molecule has 214 valence electrons. The molecular formula is C30H35Cl2N3O4S. The first kappa shape index (κ1) is 31.5. The molecular weight excluding hydrogens is 569 g/mol. The highest BCUT2D eigenvalue weighted by molar-refractivity contribution is 7.92. The van der Waals surface area contributed by atoms with Crippen molar-refractivity contribution < 1.29 is 18.0 Å². The van der Waals surface area contributed by atoms with Crippen LogP contribution in [-0.4, -0.2) is 43.3 Å². The number of nitrogens with zero attached hydrogens (tertiary/aromatic N) is 2. The summed E-state index contributed by atoms with van der Waals surface area (Å²) >= 11 is 12.5. The van der Waals surface area contributed by atoms with E-state index in [9.17, 15) is 18.0 Å². The van der Waals surface area contributed by atoms with E-state index in [2.05, 4.69) is 5.32 Å². The second-order valence-electron chi connectivity index (χ2n) is 10.9. The largest absolute Gasteiger partial charge is 0.350 e. The molecule has 0 aliphatic rings. The Hall–Kier alpha value is -3.07. The molecule has 0 aliphatic carbocycles. The zero-order valence-electron chi connectivity index (χ0n) is 23.5. The van der Waals surface area contributed by atoms with Crippen LogP contribution in [0.3, 0.4) is 0 Å². The molecule has 3 aromatic rings. The van der Waals surface area contributed by atoms with Crippen molar-refractivity contribution in [2.45, 2.75) is 64.6 Å². The highest BCUT2D eigenvalue weighted by Crippen LogP contribution is 2.30. The van der Waals surface area contributed by atoms with Gasteiger partial charge in [-0.25, -0.2) is 8.42 Å². The van der Waals surface area contributed by atoms with Gasteiger partial charge in [0.15, 0.2) is 0 Å². The predicted molar refractivity (Wildman–Crippen MR) is 161 cm³/mol. The van der Waals surface area contributed by atoms with Gasteiger partial charge in [0.2, 0.25) is 11.8 Å². The fourth-order valence-corrected chi connectivity index (χ4v) is 5.91. The normalized spacial score (nSPS) is 12.5. The van der Waals surface area contributed by atoms with Gasteiger partial charge in [0.05, 0.1) is 10.6 Å². The number of hydrogen-bond acceptors (Lipinski definition) is 4. The zero-order valence-corrected chi connectivity index (χ0v) is 25.9. The molecule has 1 N–H and O–H groups in total. The summed E-state index contributed by atoms with van der Waals surface area (Å²) in [5.41, 5.74) is 2.34. The van der Waals surface area contributed by atoms with Crippen LogP contribution in [0.4, 0.5) is 5.69 Å². The third kappa shape index (κ3) is 8.22. The Bertz CT molecular complexity index is 1450. The van der Waals surface area contributed by atoms with Gasteiger partial charge >= 0.3 is 0 Å². The Morgan fingerprint density at radius 3 is 1.88 bits per heavy atom. The Labute approximate surface area is 247 Å². The third-order valence-corrected chi connectivity index (χ3v) is 8.39. The molecule has 0 bridgehead atoms. The van der Waals surface area contributed by atoms with Crippen molar-refractivity contribution >= 4 is 50.7 Å². The first-order valence-corrected chi connectivity index (χ1v) is 15.0. The number of aryl methyl sites for hydroxylation is 2. The van der Waals surface area contributed by atoms with Gasteiger partial charge in [-0.3, -0.25) is 13.9 Å². The van der Waals surface area contributed by atoms with E-state index in [1.54, 1.807) is 19.1 Å². The molecule has 0 aliphatic heterocycles. The smallest absolute Gasteiger partial charge is 0.264 e. The van der Waals surface area contributed by atoms with E-state index in [1.807, 2.05) is 58.9 Å². The molecule has 3 rings (SSSR count). The van der Waals surface area contributed by atoms with Crippen LogP contribution in [0.25, 0.3) is 0 Å². The summed E-state index contributed by atoms with van der Waals surface area (Å²) in [6.45, 7) is 10.5. The summed E-state index contributed by atoms with van der Waals surface area (Å²) in [7, 11) is -4.22. The van der Waals surface area contributed by atoms with Gasteiger partial charge < -0.3 is 10.2 Å². The molecule has 1 atom stereocenters. The Kier molecular flexibility index (Phi) is 9.93. The van der Waals surface area contributed by atoms with Crippen LogP contribution < -0.4 is 9.62 Å². The number of rotatable bonds is 9. The van der Waals surface area contributed by atoms with Gasteiger partial charge in [0, 0.05) is 22.1 Å². The summed E-state index contributed by atoms with van der Waals surface area (Å²) in [5.74, 6) is -0.921. The monoisotopic (exact) mass is 603 g/mol. The maximum absolute atomic E-state index is 14.0. The molecule has 0 fully saturated rings. The zero-order chi connectivity index (χ0) is 29.8. The third-order valence-electron chi connectivity index (χ3n) is 6.16. The molecule has 7 nitrogen and oxygen atoms in total. The number of halogens is 2. The molecule has 40 heavy (non-hydrogen) atoms. The van der Waals surface area contributed by atoms with Gasteiger partial charge in [-0.2, -0.15) is 0 Å². The fourth-order valence-electron chi connectivity index (χ4n) is 4.00. The van der Waals surface area contributed by atoms with Crippen LogP contribution in [0.1, 0.15) is 44.4 Å². The van der Waals surface area contributed by atoms with Gasteiger partial charge in [-0.15, -0.1) is 0 Å². The molecule has 0 spiro atoms. The minimum Gasteiger partial charge on any atom is -0.350 e. The maximum Gasteiger partial charge on any atom is 0.264 e. The standard InChI is InChI=1S/C30H35Cl2N3O4S/c1-20-7-11-23(12-8-20)18-34(22(3)29(37)33-30(4,5)6)28(36)19-35(26-16-24(31)15-25(32)17-26)40(38,39)27-13-9-21(2)10-14-27/h7-17,22H,18-19H2,1-6H3,(H,33,37). The van der Waals surface area contributed by atoms with E-state index in [4.69, 9.17) is 23.2 Å². The molecule has 2 amide bonds. The molecule has 1 unspecified atom stereocenters. The molecule has 10 heteroatoms. The second-order valence-corrected chi connectivity index (χ2v) is 13.6. The van der Waals surface area contributed by atoms with Crippen LogP contribution >= 0.6 is 23.2 Å². The van der Waals surface area contributed by atoms with Gasteiger partial charge in [0.1, 0.15) is 12.6 Å². The summed E-state index contributed by atoms with van der Waals surface area (Å²) in [5, 5.41) is 3.34. The van der Waals surface area contributed by atoms with Gasteiger partial charge in [0.25, 0.3) is 10.0 Å². The van der Waals surface area contributed by atoms with E-state index < -0.39 is 34.1 Å². The number of carbonyl (C=O) groups is 2. The molecule has 0 saturated heterocycles. The number of anilines is 1. The van der Waals surface area contributed by atoms with Crippen molar-refractivity contribution in [3.8, 4) is 0 Å². The quantitative estimate of drug-likeness (QED) is 0.318. The van der Waals surface area contributed by atoms with Crippen molar-refractivity contribution in [1.82, 2.24) is 10.2 Å². The lowest BCUT2D eigenvalue weighted by molar-refractivity contribution is -0.140. The summed E-state index contributed by atoms with van der Waals surface area (Å²) in [4.78, 5) is 28.5. The predicted octanol–water partition coefficient (Wildman–Crippen LogP) is 6.14. The minimum atomic E-state index is -4.22. The Morgan fingerprint density at radius 1 is 0.875 bits per heavy atom. The second kappa shape index (κ2) is 12.6. The van der Waals surface area contributed by atoms with Crippen LogP contribution in [0.5, 0.6) is 0 Å². The molecule has 0 aromatic heterocycles. The lowest BCUT2D eigenvalue weighted by Gasteiger charge is -2.33. The van der Waals surface area contributed by atoms with Crippen molar-refractivity contribution in [2.24, 2.45) is 0 Å². The van der Waals surface area contributed by atoms with E-state index in [-0.39, 0.29) is 33.1 Å². The maximum atomic E-state index is 14.0. The van der Waals surface area contributed by atoms with Crippen LogP contribution in [0, 0.1) is 13.8 Å². The summed E-state index contributed by atoms with van der Waals surface area (Å²) in [6, 6.07) is 17.4. The minimum absolute atomic E-state index is 0.00519. The fraction of sp³-hybridized carbons (Fsp3) is 0.333. The van der Waals surface area contributed by atoms with Gasteiger partial charge in [-0.05, 0) is 77.4 Å². The molecule has 0 radical (unpaired) electrons. The topological polar surface area (TPSA) is 86.8 Å². The molecule has 0 saturated carbocycles. The lowest BCUT2D eigenvalue weighted by atomic mass is 10.1. The van der Waals surface area contributed by atoms with E-state index in [1.165, 1.54) is 35.2 Å². The number of benzene rings is 3. The number of carbonyl (C=O) groups excluding carboxylic acids is 2. The highest BCUT2D eigenvalue weighted by Gasteiger charge is 2.33. The number of sulfonamides is 1. The summed E-state index contributed by atoms with van der Waals surface area (Å²) in [6.07, 6.45) is 0. The lowest BCUT2D eigenvalue weighted by Crippen LogP contribution is -2.54. The van der Waals surface area contributed by atoms with Crippen molar-refractivity contribution in [2.75, 3.05) is 10.8 Å². The molecule has 0 heterocycles. The number of nitrogens with one attached hydrogen (secondary N) is 1. The SMILES string of the molecule is Cc1ccc(CN(C(=O)CN(c2cc(Cl)cc(Cl)c2)S(=O)(=O)c2ccc(C)cc2)C(C)C(=O)NC(C)(C)C)cc1. The van der Waals surface area contributed by atoms with Crippen LogP contribution in [0.2, 0.25) is 10.0 Å². The van der Waals surface area contributed by atoms with E-state index >= 15 is 0 Å². The first-order valence-electron chi connectivity index (χ1n) is 12.8. The average Bonchev–Trinajstić information content (AvgIpc) is 2.85. The van der Waals surface area contributed by atoms with Crippen molar-refractivity contribution in [3.05, 3.63) is 93.5 Å². The van der Waals surface area contributed by atoms with Crippen LogP contribution in [-0.2, 0) is 26.2 Å².